The van der Waals surface area contributed by atoms with Gasteiger partial charge < -0.3 is 50.8 Å². The predicted molar refractivity (Wildman–Crippen MR) is 263 cm³/mol. The third kappa shape index (κ3) is 9.97. The van der Waals surface area contributed by atoms with Crippen LogP contribution in [0.25, 0.3) is 10.6 Å². The number of nitrogens with zero attached hydrogens (tertiary/aromatic N) is 2. The molecule has 20 atom stereocenters. The van der Waals surface area contributed by atoms with E-state index in [9.17, 15) is 0 Å². The largest absolute Gasteiger partial charge is 0.632 e. The van der Waals surface area contributed by atoms with Gasteiger partial charge in [0.05, 0.1) is 49.1 Å². The molecule has 0 spiro atoms. The molecular weight excluding hydrogens is 916 g/mol. The van der Waals surface area contributed by atoms with Crippen LogP contribution in [0.1, 0.15) is 77.0 Å². The van der Waals surface area contributed by atoms with Crippen LogP contribution in [0.4, 0.5) is 0 Å². The van der Waals surface area contributed by atoms with Crippen molar-refractivity contribution in [3.05, 3.63) is 132 Å². The summed E-state index contributed by atoms with van der Waals surface area (Å²) in [7, 11) is 0. The van der Waals surface area contributed by atoms with Crippen LogP contribution in [0, 0.1) is 47.3 Å². The van der Waals surface area contributed by atoms with Gasteiger partial charge >= 0.3 is 21.0 Å². The Balaban J connectivity index is 0.00000249. The van der Waals surface area contributed by atoms with E-state index in [1.807, 2.05) is 0 Å². The van der Waals surface area contributed by atoms with Gasteiger partial charge in [-0.25, -0.2) is 0 Å². The molecule has 369 valence electrons. The predicted octanol–water partition coefficient (Wildman–Crippen LogP) is 8.28. The van der Waals surface area contributed by atoms with Crippen molar-refractivity contribution in [1.82, 2.24) is 31.9 Å². The first-order valence-corrected chi connectivity index (χ1v) is 27.2. The van der Waals surface area contributed by atoms with E-state index >= 15 is 0 Å². The van der Waals surface area contributed by atoms with Crippen molar-refractivity contribution in [2.75, 3.05) is 0 Å². The average molecular weight is 986 g/mol. The number of nitrogens with one attached hydrogen (secondary N) is 6. The van der Waals surface area contributed by atoms with Crippen LogP contribution >= 0.6 is 0 Å². The summed E-state index contributed by atoms with van der Waals surface area (Å²) in [5.41, 5.74) is 0. The van der Waals surface area contributed by atoms with Gasteiger partial charge in [-0.1, -0.05) is 97.5 Å². The Labute approximate surface area is 423 Å². The molecule has 5 saturated heterocycles. The molecule has 0 radical (unpaired) electrons. The number of fused-ring (bicyclic) bond motifs is 20. The van der Waals surface area contributed by atoms with Crippen LogP contribution in [0.15, 0.2) is 121 Å². The maximum absolute atomic E-state index is 8.19. The minimum absolute atomic E-state index is 0.000710. The monoisotopic (exact) mass is 985 g/mol. The summed E-state index contributed by atoms with van der Waals surface area (Å²) in [6.45, 7) is 0. The molecule has 4 aromatic rings. The maximum atomic E-state index is 8.19. The van der Waals surface area contributed by atoms with Gasteiger partial charge in [0.25, 0.3) is 0 Å². The molecule has 5 heterocycles. The Morgan fingerprint density at radius 2 is 0.571 bits per heavy atom. The molecule has 8 bridgehead atoms. The Hall–Kier alpha value is -3.86. The van der Waals surface area contributed by atoms with E-state index in [0.717, 1.165) is 117 Å². The Bertz CT molecular complexity index is 1980. The number of ether oxygens (including phenoxy) is 4. The van der Waals surface area contributed by atoms with Gasteiger partial charge in [0.1, 0.15) is 23.0 Å². The molecule has 13 rings (SSSR count). The van der Waals surface area contributed by atoms with E-state index in [4.69, 9.17) is 33.3 Å². The maximum Gasteiger partial charge on any atom is 0.119 e. The smallest absolute Gasteiger partial charge is 0.119 e. The normalized spacial score (nSPS) is 41.6. The number of hydrogen-bond donors (Lipinski definition) is 6. The van der Waals surface area contributed by atoms with Gasteiger partial charge in [-0.2, -0.15) is 0 Å². The van der Waals surface area contributed by atoms with Gasteiger partial charge in [0.15, 0.2) is 0 Å². The number of para-hydroxylation sites is 4. The van der Waals surface area contributed by atoms with Gasteiger partial charge in [0.2, 0.25) is 0 Å². The summed E-state index contributed by atoms with van der Waals surface area (Å²) in [5.74, 6) is 6.98. The first-order valence-electron chi connectivity index (χ1n) is 26.6. The summed E-state index contributed by atoms with van der Waals surface area (Å²) < 4.78 is 35.1. The van der Waals surface area contributed by atoms with Crippen molar-refractivity contribution in [3.8, 4) is 23.0 Å². The first-order chi connectivity index (χ1) is 34.6. The number of benzene rings is 4. The van der Waals surface area contributed by atoms with Crippen LogP contribution in [-0.2, 0) is 21.0 Å². The molecule has 5 aliphatic heterocycles. The molecule has 9 fully saturated rings. The van der Waals surface area contributed by atoms with Gasteiger partial charge in [0, 0.05) is 0 Å². The molecule has 4 saturated carbocycles. The van der Waals surface area contributed by atoms with E-state index in [-0.39, 0.29) is 73.7 Å². The molecule has 0 aromatic heterocycles. The second-order valence-corrected chi connectivity index (χ2v) is 21.8. The quantitative estimate of drug-likeness (QED) is 0.101. The fourth-order valence-electron chi connectivity index (χ4n) is 14.8. The molecular formula is C56H70N8O5V. The SMILES string of the molecule is [O]=[V+2].c1ccc(OC2CCC3C4[N-]C(NC5NC(NC6[N-]C(NC7NC(N4)C4CC(Oc8ccccc8)CCC74)C4CC(Oc7ccccc7)CCC64)C4CC(Oc6ccccc6)CCC54)C3C2)cc1. The molecule has 9 aliphatic rings. The minimum atomic E-state index is -0.000710. The standard InChI is InChI=1S/C56H70N8O4.O.V/c1-5-13-33(14-6-1)65-37-21-25-41-45(29-37)53-57-49(41)62-54-47-31-39(67-35-17-9-3-10-18-35)23-27-43(47)51(59-54)64-56-48-32-40(68-36-19-11-4-12-20-36)24-28-44(48)52(60-56)63-55-46-30-38(66-34-15-7-2-8-16-34)22-26-42(46)50(58-55)61-53;;/h1-20,37-57,60-64H,21-32H2;;/q-2;;+2. The molecule has 4 aliphatic carbocycles. The molecule has 70 heavy (non-hydrogen) atoms. The van der Waals surface area contributed by atoms with E-state index < -0.39 is 0 Å². The molecule has 4 aromatic carbocycles. The van der Waals surface area contributed by atoms with Crippen molar-refractivity contribution in [3.63, 3.8) is 0 Å². The zero-order chi connectivity index (χ0) is 47.0. The third-order valence-corrected chi connectivity index (χ3v) is 17.9. The van der Waals surface area contributed by atoms with Crippen molar-refractivity contribution in [2.24, 2.45) is 47.3 Å². The van der Waals surface area contributed by atoms with Crippen LogP contribution in [-0.4, -0.2) is 73.7 Å². The van der Waals surface area contributed by atoms with Crippen molar-refractivity contribution in [1.29, 1.82) is 0 Å². The third-order valence-electron chi connectivity index (χ3n) is 17.9. The number of rotatable bonds is 8. The summed E-state index contributed by atoms with van der Waals surface area (Å²) >= 11 is 1.06. The van der Waals surface area contributed by atoms with E-state index in [0.29, 0.717) is 47.3 Å². The topological polar surface area (TPSA) is 154 Å². The minimum Gasteiger partial charge on any atom is -0.632 e. The van der Waals surface area contributed by atoms with Crippen molar-refractivity contribution >= 4 is 0 Å². The zero-order valence-corrected chi connectivity index (χ0v) is 41.4. The number of hydrogen-bond acceptors (Lipinski definition) is 11. The molecule has 20 unspecified atom stereocenters. The zero-order valence-electron chi connectivity index (χ0n) is 40.0. The second-order valence-electron chi connectivity index (χ2n) is 21.8. The Morgan fingerprint density at radius 3 is 0.886 bits per heavy atom. The average Bonchev–Trinajstić information content (AvgIpc) is 4.13. The van der Waals surface area contributed by atoms with Crippen molar-refractivity contribution < 1.29 is 40.0 Å². The Kier molecular flexibility index (Phi) is 14.4. The van der Waals surface area contributed by atoms with Crippen LogP contribution < -0.4 is 50.8 Å². The van der Waals surface area contributed by atoms with Crippen molar-refractivity contribution in [2.45, 2.75) is 151 Å². The summed E-state index contributed by atoms with van der Waals surface area (Å²) in [5, 5.41) is 37.2. The van der Waals surface area contributed by atoms with E-state index in [2.05, 4.69) is 153 Å². The fourth-order valence-corrected chi connectivity index (χ4v) is 14.8. The van der Waals surface area contributed by atoms with Gasteiger partial charge in [-0.15, -0.1) is 0 Å². The van der Waals surface area contributed by atoms with E-state index in [1.165, 1.54) is 0 Å². The van der Waals surface area contributed by atoms with Crippen LogP contribution in [0.2, 0.25) is 0 Å². The molecule has 0 amide bonds. The summed E-state index contributed by atoms with van der Waals surface area (Å²) in [6, 6.07) is 41.7. The van der Waals surface area contributed by atoms with Crippen LogP contribution in [0.3, 0.4) is 0 Å². The second kappa shape index (κ2) is 21.3. The van der Waals surface area contributed by atoms with Crippen LogP contribution in [0.5, 0.6) is 23.0 Å². The first kappa shape index (κ1) is 47.2. The molecule has 6 N–H and O–H groups in total. The Morgan fingerprint density at radius 1 is 0.314 bits per heavy atom. The summed E-state index contributed by atoms with van der Waals surface area (Å²) in [4.78, 5) is 0. The molecule has 14 heteroatoms. The van der Waals surface area contributed by atoms with E-state index in [1.54, 1.807) is 0 Å². The van der Waals surface area contributed by atoms with Gasteiger partial charge in [-0.3, -0.25) is 10.6 Å². The van der Waals surface area contributed by atoms with Gasteiger partial charge in [-0.05, 0) is 173 Å². The molecule has 13 nitrogen and oxygen atoms in total. The fraction of sp³-hybridized carbons (Fsp3) is 0.571. The summed E-state index contributed by atoms with van der Waals surface area (Å²) in [6.07, 6.45) is 13.5.